The van der Waals surface area contributed by atoms with Crippen LogP contribution < -0.4 is 0 Å². The first-order valence-corrected chi connectivity index (χ1v) is 7.15. The molecule has 0 aliphatic heterocycles. The van der Waals surface area contributed by atoms with Gasteiger partial charge in [-0.15, -0.1) is 0 Å². The molecule has 2 aromatic carbocycles. The number of fused-ring (bicyclic) bond motifs is 1. The van der Waals surface area contributed by atoms with Crippen LogP contribution in [0, 0.1) is 0 Å². The summed E-state index contributed by atoms with van der Waals surface area (Å²) in [6.45, 7) is 0. The minimum atomic E-state index is 0.454. The minimum absolute atomic E-state index is 0.454. The van der Waals surface area contributed by atoms with Gasteiger partial charge in [0.25, 0.3) is 0 Å². The monoisotopic (exact) mass is 271 g/mol. The van der Waals surface area contributed by atoms with Crippen molar-refractivity contribution in [3.63, 3.8) is 0 Å². The van der Waals surface area contributed by atoms with E-state index >= 15 is 0 Å². The molecule has 76 valence electrons. The topological polar surface area (TPSA) is 0 Å². The summed E-state index contributed by atoms with van der Waals surface area (Å²) in [6.07, 6.45) is 0. The summed E-state index contributed by atoms with van der Waals surface area (Å²) >= 11 is 0.454. The van der Waals surface area contributed by atoms with Gasteiger partial charge in [0.15, 0.2) is 0 Å². The number of hydrogen-bond acceptors (Lipinski definition) is 0. The molecule has 0 unspecified atom stereocenters. The van der Waals surface area contributed by atoms with Crippen LogP contribution in [0.2, 0.25) is 0 Å². The molecule has 0 saturated carbocycles. The van der Waals surface area contributed by atoms with Crippen LogP contribution in [0.15, 0.2) is 65.6 Å². The van der Waals surface area contributed by atoms with Gasteiger partial charge in [-0.25, -0.2) is 0 Å². The molecule has 0 spiro atoms. The molecule has 0 aliphatic carbocycles. The van der Waals surface area contributed by atoms with E-state index in [4.69, 9.17) is 0 Å². The molecule has 0 N–H and O–H groups in total. The molecular weight excluding hydrogens is 259 g/mol. The second kappa shape index (κ2) is 4.21. The number of benzene rings is 2. The Morgan fingerprint density at radius 1 is 0.688 bits per heavy atom. The van der Waals surface area contributed by atoms with Crippen LogP contribution in [0.5, 0.6) is 0 Å². The molecule has 0 atom stereocenters. The third-order valence-electron chi connectivity index (χ3n) is 2.67. The van der Waals surface area contributed by atoms with Gasteiger partial charge in [-0.2, -0.15) is 0 Å². The predicted molar refractivity (Wildman–Crippen MR) is 70.7 cm³/mol. The first-order chi connectivity index (χ1) is 7.95. The summed E-state index contributed by atoms with van der Waals surface area (Å²) < 4.78 is 1.49. The van der Waals surface area contributed by atoms with E-state index in [1.807, 2.05) is 0 Å². The molecule has 3 aromatic rings. The van der Waals surface area contributed by atoms with Crippen LogP contribution in [0.25, 0.3) is 20.8 Å². The van der Waals surface area contributed by atoms with Crippen LogP contribution in [-0.4, -0.2) is 14.5 Å². The molecule has 1 heteroatoms. The summed E-state index contributed by atoms with van der Waals surface area (Å²) in [4.78, 5) is 2.30. The van der Waals surface area contributed by atoms with E-state index in [1.165, 1.54) is 20.8 Å². The van der Waals surface area contributed by atoms with Crippen molar-refractivity contribution >= 4 is 25.3 Å². The fraction of sp³-hybridized carbons (Fsp3) is 0. The van der Waals surface area contributed by atoms with Crippen LogP contribution in [-0.2, 0) is 0 Å². The first-order valence-electron chi connectivity index (χ1n) is 5.30. The Balaban J connectivity index is 2.32. The van der Waals surface area contributed by atoms with Crippen molar-refractivity contribution in [3.05, 3.63) is 65.6 Å². The molecule has 0 aliphatic rings. The molecule has 16 heavy (non-hydrogen) atoms. The van der Waals surface area contributed by atoms with Gasteiger partial charge in [0.2, 0.25) is 0 Å². The fourth-order valence-electron chi connectivity index (χ4n) is 1.90. The summed E-state index contributed by atoms with van der Waals surface area (Å²) in [6, 6.07) is 21.6. The van der Waals surface area contributed by atoms with Gasteiger partial charge >= 0.3 is 101 Å². The van der Waals surface area contributed by atoms with E-state index in [0.717, 1.165) is 0 Å². The summed E-state index contributed by atoms with van der Waals surface area (Å²) in [5.74, 6) is 0. The maximum absolute atomic E-state index is 2.30. The van der Waals surface area contributed by atoms with Gasteiger partial charge in [0.05, 0.1) is 0 Å². The summed E-state index contributed by atoms with van der Waals surface area (Å²) in [5, 5.41) is 2.74. The molecule has 1 heterocycles. The van der Waals surface area contributed by atoms with Crippen molar-refractivity contribution in [2.45, 2.75) is 0 Å². The Kier molecular flexibility index (Phi) is 2.57. The van der Waals surface area contributed by atoms with E-state index in [0.29, 0.717) is 14.5 Å². The van der Waals surface area contributed by atoms with Crippen molar-refractivity contribution < 1.29 is 0 Å². The summed E-state index contributed by atoms with van der Waals surface area (Å²) in [7, 11) is 0. The standard InChI is InChI=1S/C15H11Se/c1-2-7-13(8-3-1)15-14-9-5-4-6-12(14)10-11-16-15/h1-11H/q+1. The van der Waals surface area contributed by atoms with Gasteiger partial charge in [-0.3, -0.25) is 0 Å². The Labute approximate surface area is 101 Å². The average molecular weight is 270 g/mol. The van der Waals surface area contributed by atoms with Gasteiger partial charge in [-0.05, 0) is 0 Å². The van der Waals surface area contributed by atoms with Crippen LogP contribution in [0.4, 0.5) is 0 Å². The van der Waals surface area contributed by atoms with E-state index in [-0.39, 0.29) is 0 Å². The second-order valence-electron chi connectivity index (χ2n) is 3.70. The van der Waals surface area contributed by atoms with Gasteiger partial charge in [0.1, 0.15) is 0 Å². The zero-order chi connectivity index (χ0) is 10.8. The molecule has 0 bridgehead atoms. The van der Waals surface area contributed by atoms with E-state index in [9.17, 15) is 0 Å². The summed E-state index contributed by atoms with van der Waals surface area (Å²) in [5.41, 5.74) is 1.36. The van der Waals surface area contributed by atoms with Crippen LogP contribution in [0.3, 0.4) is 0 Å². The van der Waals surface area contributed by atoms with E-state index < -0.39 is 0 Å². The molecule has 0 nitrogen and oxygen atoms in total. The average Bonchev–Trinajstić information content (AvgIpc) is 2.39. The molecule has 0 amide bonds. The van der Waals surface area contributed by atoms with Crippen molar-refractivity contribution in [2.24, 2.45) is 0 Å². The Morgan fingerprint density at radius 3 is 2.31 bits per heavy atom. The third-order valence-corrected chi connectivity index (χ3v) is 4.70. The van der Waals surface area contributed by atoms with Crippen molar-refractivity contribution in [3.8, 4) is 10.0 Å². The zero-order valence-electron chi connectivity index (χ0n) is 8.76. The fourth-order valence-corrected chi connectivity index (χ4v) is 3.86. The van der Waals surface area contributed by atoms with Gasteiger partial charge in [0, 0.05) is 0 Å². The van der Waals surface area contributed by atoms with Crippen LogP contribution >= 0.6 is 0 Å². The predicted octanol–water partition coefficient (Wildman–Crippen LogP) is 3.84. The zero-order valence-corrected chi connectivity index (χ0v) is 10.5. The van der Waals surface area contributed by atoms with E-state index in [2.05, 4.69) is 65.6 Å². The molecule has 0 radical (unpaired) electrons. The molecule has 3 rings (SSSR count). The maximum atomic E-state index is 2.30. The molecule has 0 fully saturated rings. The molecule has 1 aromatic heterocycles. The van der Waals surface area contributed by atoms with Crippen LogP contribution in [0.1, 0.15) is 0 Å². The first kappa shape index (κ1) is 9.77. The van der Waals surface area contributed by atoms with Crippen molar-refractivity contribution in [2.75, 3.05) is 0 Å². The molecule has 0 saturated heterocycles. The normalized spacial score (nSPS) is 10.5. The van der Waals surface area contributed by atoms with Crippen molar-refractivity contribution in [1.82, 2.24) is 0 Å². The third kappa shape index (κ3) is 1.69. The Bertz CT molecular complexity index is 609. The second-order valence-corrected chi connectivity index (χ2v) is 5.63. The van der Waals surface area contributed by atoms with Crippen molar-refractivity contribution in [1.29, 1.82) is 0 Å². The van der Waals surface area contributed by atoms with E-state index in [1.54, 1.807) is 0 Å². The van der Waals surface area contributed by atoms with Gasteiger partial charge < -0.3 is 0 Å². The Morgan fingerprint density at radius 2 is 1.44 bits per heavy atom. The molecular formula is C15H11Se+. The SMILES string of the molecule is c1ccc(-c2[se+]ccc3ccccc23)cc1. The van der Waals surface area contributed by atoms with Gasteiger partial charge in [-0.1, -0.05) is 0 Å². The Hall–Kier alpha value is -1.43. The number of rotatable bonds is 1. The quantitative estimate of drug-likeness (QED) is 0.589. The number of hydrogen-bond donors (Lipinski definition) is 0.